The number of aromatic nitrogens is 4. The Morgan fingerprint density at radius 3 is 2.47 bits per heavy atom. The SMILES string of the molecule is COc1ccc(C(C)=O)cc1CSc1nnc(-c2ccncc2)n1-c1ccc(C)c(C)c1. The molecular weight excluding hydrogens is 420 g/mol. The van der Waals surface area contributed by atoms with E-state index in [0.717, 1.165) is 33.5 Å². The Kier molecular flexibility index (Phi) is 6.37. The fourth-order valence-corrected chi connectivity index (χ4v) is 4.33. The molecule has 0 amide bonds. The third-order valence-electron chi connectivity index (χ3n) is 5.36. The summed E-state index contributed by atoms with van der Waals surface area (Å²) in [6.45, 7) is 5.76. The first-order chi connectivity index (χ1) is 15.5. The Balaban J connectivity index is 1.75. The predicted octanol–water partition coefficient (Wildman–Crippen LogP) is 5.45. The first kappa shape index (κ1) is 21.8. The van der Waals surface area contributed by atoms with Gasteiger partial charge in [0.1, 0.15) is 5.75 Å². The lowest BCUT2D eigenvalue weighted by molar-refractivity contribution is 0.101. The molecule has 0 N–H and O–H groups in total. The number of Topliss-reactive ketones (excluding diaryl/α,β-unsaturated/α-hetero) is 1. The molecule has 2 aromatic heterocycles. The lowest BCUT2D eigenvalue weighted by Gasteiger charge is -2.13. The van der Waals surface area contributed by atoms with E-state index in [1.807, 2.05) is 24.3 Å². The Bertz CT molecular complexity index is 1270. The Hall–Kier alpha value is -3.45. The Morgan fingerprint density at radius 1 is 1.00 bits per heavy atom. The normalized spacial score (nSPS) is 10.9. The number of pyridine rings is 1. The first-order valence-corrected chi connectivity index (χ1v) is 11.2. The zero-order chi connectivity index (χ0) is 22.7. The van der Waals surface area contributed by atoms with E-state index in [0.29, 0.717) is 11.3 Å². The molecule has 0 aliphatic carbocycles. The molecule has 0 fully saturated rings. The minimum Gasteiger partial charge on any atom is -0.496 e. The summed E-state index contributed by atoms with van der Waals surface area (Å²) in [5.74, 6) is 2.11. The molecule has 32 heavy (non-hydrogen) atoms. The topological polar surface area (TPSA) is 69.9 Å². The number of aryl methyl sites for hydroxylation is 2. The third kappa shape index (κ3) is 4.43. The minimum atomic E-state index is 0.0252. The summed E-state index contributed by atoms with van der Waals surface area (Å²) < 4.78 is 7.58. The summed E-state index contributed by atoms with van der Waals surface area (Å²) >= 11 is 1.55. The van der Waals surface area contributed by atoms with Gasteiger partial charge in [-0.3, -0.25) is 14.3 Å². The molecule has 0 aliphatic rings. The van der Waals surface area contributed by atoms with Gasteiger partial charge in [-0.1, -0.05) is 17.8 Å². The third-order valence-corrected chi connectivity index (χ3v) is 6.34. The molecule has 162 valence electrons. The highest BCUT2D eigenvalue weighted by Gasteiger charge is 2.18. The van der Waals surface area contributed by atoms with Crippen molar-refractivity contribution in [2.45, 2.75) is 31.7 Å². The molecule has 0 radical (unpaired) electrons. The molecule has 0 bridgehead atoms. The van der Waals surface area contributed by atoms with Crippen LogP contribution in [0.3, 0.4) is 0 Å². The predicted molar refractivity (Wildman–Crippen MR) is 127 cm³/mol. The summed E-state index contributed by atoms with van der Waals surface area (Å²) in [7, 11) is 1.63. The molecule has 4 rings (SSSR count). The molecule has 0 saturated heterocycles. The van der Waals surface area contributed by atoms with Crippen LogP contribution in [-0.2, 0) is 5.75 Å². The molecule has 2 heterocycles. The monoisotopic (exact) mass is 444 g/mol. The van der Waals surface area contributed by atoms with Crippen molar-refractivity contribution in [2.75, 3.05) is 7.11 Å². The van der Waals surface area contributed by atoms with Crippen LogP contribution in [0, 0.1) is 13.8 Å². The minimum absolute atomic E-state index is 0.0252. The average Bonchev–Trinajstić information content (AvgIpc) is 3.23. The second kappa shape index (κ2) is 9.36. The number of nitrogens with zero attached hydrogens (tertiary/aromatic N) is 4. The van der Waals surface area contributed by atoms with Crippen molar-refractivity contribution in [3.8, 4) is 22.8 Å². The van der Waals surface area contributed by atoms with Gasteiger partial charge in [-0.15, -0.1) is 10.2 Å². The van der Waals surface area contributed by atoms with Gasteiger partial charge >= 0.3 is 0 Å². The van der Waals surface area contributed by atoms with Crippen molar-refractivity contribution < 1.29 is 9.53 Å². The van der Waals surface area contributed by atoms with Crippen molar-refractivity contribution in [2.24, 2.45) is 0 Å². The van der Waals surface area contributed by atoms with Crippen molar-refractivity contribution in [3.05, 3.63) is 83.2 Å². The number of thioether (sulfide) groups is 1. The molecule has 4 aromatic rings. The van der Waals surface area contributed by atoms with Crippen LogP contribution < -0.4 is 4.74 Å². The van der Waals surface area contributed by atoms with E-state index in [4.69, 9.17) is 4.74 Å². The van der Waals surface area contributed by atoms with Crippen molar-refractivity contribution in [3.63, 3.8) is 0 Å². The number of carbonyl (C=O) groups excluding carboxylic acids is 1. The molecule has 0 saturated carbocycles. The lowest BCUT2D eigenvalue weighted by atomic mass is 10.1. The van der Waals surface area contributed by atoms with Crippen molar-refractivity contribution >= 4 is 17.5 Å². The largest absolute Gasteiger partial charge is 0.496 e. The number of benzene rings is 2. The molecule has 0 spiro atoms. The highest BCUT2D eigenvalue weighted by Crippen LogP contribution is 2.32. The summed E-state index contributed by atoms with van der Waals surface area (Å²) in [6.07, 6.45) is 3.50. The van der Waals surface area contributed by atoms with Crippen LogP contribution in [-0.4, -0.2) is 32.6 Å². The second-order valence-corrected chi connectivity index (χ2v) is 8.46. The van der Waals surface area contributed by atoms with E-state index in [-0.39, 0.29) is 5.78 Å². The van der Waals surface area contributed by atoms with Crippen LogP contribution in [0.5, 0.6) is 5.75 Å². The van der Waals surface area contributed by atoms with Gasteiger partial charge in [-0.25, -0.2) is 0 Å². The van der Waals surface area contributed by atoms with E-state index in [9.17, 15) is 4.79 Å². The molecule has 0 atom stereocenters. The Morgan fingerprint density at radius 2 is 1.78 bits per heavy atom. The van der Waals surface area contributed by atoms with E-state index in [1.165, 1.54) is 11.1 Å². The quantitative estimate of drug-likeness (QED) is 0.279. The maximum absolute atomic E-state index is 11.9. The van der Waals surface area contributed by atoms with Crippen LogP contribution in [0.15, 0.2) is 66.1 Å². The van der Waals surface area contributed by atoms with Crippen molar-refractivity contribution in [1.82, 2.24) is 19.7 Å². The number of ether oxygens (including phenoxy) is 1. The van der Waals surface area contributed by atoms with E-state index < -0.39 is 0 Å². The second-order valence-electron chi connectivity index (χ2n) is 7.52. The van der Waals surface area contributed by atoms with E-state index >= 15 is 0 Å². The fraction of sp³-hybridized carbons (Fsp3) is 0.200. The number of carbonyl (C=O) groups is 1. The van der Waals surface area contributed by atoms with Crippen LogP contribution >= 0.6 is 11.8 Å². The first-order valence-electron chi connectivity index (χ1n) is 10.2. The molecular formula is C25H24N4O2S. The van der Waals surface area contributed by atoms with Gasteiger partial charge in [0.25, 0.3) is 0 Å². The van der Waals surface area contributed by atoms with Crippen LogP contribution in [0.25, 0.3) is 17.1 Å². The summed E-state index contributed by atoms with van der Waals surface area (Å²) in [6, 6.07) is 15.7. The molecule has 7 heteroatoms. The number of hydrogen-bond donors (Lipinski definition) is 0. The van der Waals surface area contributed by atoms with E-state index in [1.54, 1.807) is 44.3 Å². The lowest BCUT2D eigenvalue weighted by Crippen LogP contribution is -2.01. The summed E-state index contributed by atoms with van der Waals surface area (Å²) in [5.41, 5.74) is 5.96. The average molecular weight is 445 g/mol. The number of methoxy groups -OCH3 is 1. The smallest absolute Gasteiger partial charge is 0.196 e. The van der Waals surface area contributed by atoms with E-state index in [2.05, 4.69) is 51.8 Å². The van der Waals surface area contributed by atoms with Gasteiger partial charge in [0.05, 0.1) is 12.8 Å². The van der Waals surface area contributed by atoms with Gasteiger partial charge in [0.2, 0.25) is 0 Å². The van der Waals surface area contributed by atoms with Gasteiger partial charge in [0.15, 0.2) is 16.8 Å². The number of rotatable bonds is 7. The zero-order valence-corrected chi connectivity index (χ0v) is 19.3. The van der Waals surface area contributed by atoms with Gasteiger partial charge < -0.3 is 4.74 Å². The molecule has 2 aromatic carbocycles. The highest BCUT2D eigenvalue weighted by atomic mass is 32.2. The van der Waals surface area contributed by atoms with Crippen molar-refractivity contribution in [1.29, 1.82) is 0 Å². The summed E-state index contributed by atoms with van der Waals surface area (Å²) in [4.78, 5) is 16.0. The van der Waals surface area contributed by atoms with Crippen LogP contribution in [0.2, 0.25) is 0 Å². The van der Waals surface area contributed by atoms with Crippen LogP contribution in [0.1, 0.15) is 34.0 Å². The maximum Gasteiger partial charge on any atom is 0.196 e. The van der Waals surface area contributed by atoms with Gasteiger partial charge in [-0.2, -0.15) is 0 Å². The Labute approximate surface area is 191 Å². The zero-order valence-electron chi connectivity index (χ0n) is 18.5. The fourth-order valence-electron chi connectivity index (χ4n) is 3.40. The molecule has 0 unspecified atom stereocenters. The number of hydrogen-bond acceptors (Lipinski definition) is 6. The molecule has 6 nitrogen and oxygen atoms in total. The highest BCUT2D eigenvalue weighted by molar-refractivity contribution is 7.98. The number of ketones is 1. The maximum atomic E-state index is 11.9. The van der Waals surface area contributed by atoms with Crippen LogP contribution in [0.4, 0.5) is 0 Å². The van der Waals surface area contributed by atoms with Gasteiger partial charge in [-0.05, 0) is 74.4 Å². The summed E-state index contributed by atoms with van der Waals surface area (Å²) in [5, 5.41) is 9.75. The van der Waals surface area contributed by atoms with Gasteiger partial charge in [0, 0.05) is 34.8 Å². The standard InChI is InChI=1S/C25H24N4O2S/c1-16-5-7-22(13-17(16)2)29-24(19-9-11-26-12-10-19)27-28-25(29)32-15-21-14-20(18(3)30)6-8-23(21)31-4/h5-14H,15H2,1-4H3. The molecule has 0 aliphatic heterocycles.